The molecule has 0 aromatic heterocycles. The lowest BCUT2D eigenvalue weighted by Gasteiger charge is -2.20. The van der Waals surface area contributed by atoms with Gasteiger partial charge in [-0.25, -0.2) is 4.79 Å². The van der Waals surface area contributed by atoms with Crippen LogP contribution in [0.15, 0.2) is 0 Å². The third-order valence-electron chi connectivity index (χ3n) is 6.01. The minimum atomic E-state index is -1.08. The van der Waals surface area contributed by atoms with Crippen molar-refractivity contribution >= 4 is 29.6 Å². The number of likely N-dealkylation sites (N-methyl/N-ethyl adjacent to an activating group) is 1. The number of aliphatic hydroxyl groups excluding tert-OH is 1. The number of rotatable bonds is 25. The number of methoxy groups -OCH3 is 1. The molecule has 0 aromatic rings. The average molecular weight is 533 g/mol. The number of unbranched alkanes of at least 4 members (excludes halogenated alkanes) is 12. The van der Waals surface area contributed by atoms with Gasteiger partial charge in [0.25, 0.3) is 0 Å². The first kappa shape index (κ1) is 34.7. The fourth-order valence-corrected chi connectivity index (χ4v) is 4.72. The number of carbonyl (C=O) groups is 3. The fraction of sp³-hybridized carbons (Fsp3) is 0.889. The number of aliphatic hydroxyl groups is 1. The topological polar surface area (TPSA) is 114 Å². The Balaban J connectivity index is 3.75. The van der Waals surface area contributed by atoms with Gasteiger partial charge >= 0.3 is 11.9 Å². The molecule has 2 atom stereocenters. The maximum Gasteiger partial charge on any atom is 0.330 e. The fourth-order valence-electron chi connectivity index (χ4n) is 3.84. The molecule has 0 radical (unpaired) electrons. The summed E-state index contributed by atoms with van der Waals surface area (Å²) in [6.07, 6.45) is 17.0. The predicted molar refractivity (Wildman–Crippen MR) is 147 cm³/mol. The zero-order valence-electron chi connectivity index (χ0n) is 23.0. The monoisotopic (exact) mass is 532 g/mol. The quantitative estimate of drug-likeness (QED) is 0.117. The molecule has 0 bridgehead atoms. The summed E-state index contributed by atoms with van der Waals surface area (Å²) in [6, 6.07) is -1.61. The minimum Gasteiger partial charge on any atom is -0.467 e. The third kappa shape index (κ3) is 19.8. The molecular formula is C27H52N2O6S. The van der Waals surface area contributed by atoms with Crippen LogP contribution in [0.1, 0.15) is 104 Å². The third-order valence-corrected chi connectivity index (χ3v) is 7.04. The van der Waals surface area contributed by atoms with Gasteiger partial charge in [-0.05, 0) is 13.0 Å². The standard InChI is InChI=1S/C27H52N2O6S/c1-4-6-7-8-9-10-11-12-13-14-15-16-17-18-25(31)35-19-20-36-22-24(28-5-2)26(32)29-23(21-30)27(33)34-3/h23-24,28,30H,4-22H2,1-3H3,(H,29,32)/t23-,24-/m0/s1. The maximum atomic E-state index is 12.4. The van der Waals surface area contributed by atoms with Crippen molar-refractivity contribution in [1.29, 1.82) is 0 Å². The molecule has 0 heterocycles. The van der Waals surface area contributed by atoms with Crippen molar-refractivity contribution in [1.82, 2.24) is 10.6 Å². The Kier molecular flexibility index (Phi) is 24.4. The molecule has 0 aliphatic heterocycles. The lowest BCUT2D eigenvalue weighted by Crippen LogP contribution is -2.52. The number of nitrogens with one attached hydrogen (secondary N) is 2. The van der Waals surface area contributed by atoms with Crippen molar-refractivity contribution in [2.75, 3.05) is 38.4 Å². The van der Waals surface area contributed by atoms with Crippen molar-refractivity contribution in [3.63, 3.8) is 0 Å². The van der Waals surface area contributed by atoms with E-state index in [4.69, 9.17) is 4.74 Å². The van der Waals surface area contributed by atoms with Crippen molar-refractivity contribution in [3.8, 4) is 0 Å². The number of hydrogen-bond donors (Lipinski definition) is 3. The van der Waals surface area contributed by atoms with E-state index in [9.17, 15) is 19.5 Å². The van der Waals surface area contributed by atoms with E-state index >= 15 is 0 Å². The van der Waals surface area contributed by atoms with Crippen LogP contribution in [0.25, 0.3) is 0 Å². The zero-order chi connectivity index (χ0) is 26.9. The molecule has 0 aliphatic rings. The number of esters is 2. The van der Waals surface area contributed by atoms with E-state index in [-0.39, 0.29) is 11.9 Å². The normalized spacial score (nSPS) is 12.7. The van der Waals surface area contributed by atoms with Crippen molar-refractivity contribution in [2.24, 2.45) is 0 Å². The summed E-state index contributed by atoms with van der Waals surface area (Å²) in [4.78, 5) is 35.9. The molecule has 9 heteroatoms. The van der Waals surface area contributed by atoms with Gasteiger partial charge in [0.15, 0.2) is 6.04 Å². The number of hydrogen-bond acceptors (Lipinski definition) is 8. The summed E-state index contributed by atoms with van der Waals surface area (Å²) in [6.45, 7) is 4.50. The molecule has 0 fully saturated rings. The van der Waals surface area contributed by atoms with Gasteiger partial charge in [-0.2, -0.15) is 11.8 Å². The van der Waals surface area contributed by atoms with Crippen LogP contribution >= 0.6 is 11.8 Å². The summed E-state index contributed by atoms with van der Waals surface area (Å²) in [5, 5.41) is 14.8. The van der Waals surface area contributed by atoms with E-state index in [0.717, 1.165) is 12.8 Å². The maximum absolute atomic E-state index is 12.4. The van der Waals surface area contributed by atoms with E-state index in [2.05, 4.69) is 22.3 Å². The van der Waals surface area contributed by atoms with Gasteiger partial charge in [0, 0.05) is 17.9 Å². The van der Waals surface area contributed by atoms with Crippen molar-refractivity contribution in [3.05, 3.63) is 0 Å². The minimum absolute atomic E-state index is 0.163. The first-order valence-corrected chi connectivity index (χ1v) is 15.1. The number of ether oxygens (including phenoxy) is 2. The van der Waals surface area contributed by atoms with Gasteiger partial charge in [-0.15, -0.1) is 0 Å². The highest BCUT2D eigenvalue weighted by Crippen LogP contribution is 2.13. The van der Waals surface area contributed by atoms with E-state index < -0.39 is 24.7 Å². The summed E-state index contributed by atoms with van der Waals surface area (Å²) < 4.78 is 9.87. The molecule has 0 saturated carbocycles. The van der Waals surface area contributed by atoms with Crippen LogP contribution in [-0.4, -0.2) is 73.4 Å². The van der Waals surface area contributed by atoms with Crippen molar-refractivity contribution < 1.29 is 29.0 Å². The van der Waals surface area contributed by atoms with Crippen LogP contribution in [0.3, 0.4) is 0 Å². The molecule has 0 aromatic carbocycles. The second-order valence-corrected chi connectivity index (χ2v) is 10.3. The first-order chi connectivity index (χ1) is 17.5. The van der Waals surface area contributed by atoms with E-state index in [1.807, 2.05) is 6.92 Å². The molecule has 212 valence electrons. The molecule has 0 rings (SSSR count). The van der Waals surface area contributed by atoms with Gasteiger partial charge in [0.2, 0.25) is 5.91 Å². The van der Waals surface area contributed by atoms with Crippen LogP contribution < -0.4 is 10.6 Å². The molecule has 3 N–H and O–H groups in total. The Bertz CT molecular complexity index is 564. The molecule has 1 amide bonds. The predicted octanol–water partition coefficient (Wildman–Crippen LogP) is 4.37. The van der Waals surface area contributed by atoms with Gasteiger partial charge in [-0.1, -0.05) is 90.9 Å². The van der Waals surface area contributed by atoms with Crippen LogP contribution in [0, 0.1) is 0 Å². The molecule has 0 aliphatic carbocycles. The largest absolute Gasteiger partial charge is 0.467 e. The van der Waals surface area contributed by atoms with E-state index in [0.29, 0.717) is 31.1 Å². The summed E-state index contributed by atoms with van der Waals surface area (Å²) in [5.41, 5.74) is 0. The number of amides is 1. The average Bonchev–Trinajstić information content (AvgIpc) is 2.88. The lowest BCUT2D eigenvalue weighted by atomic mass is 10.0. The Morgan fingerprint density at radius 1 is 0.833 bits per heavy atom. The summed E-state index contributed by atoms with van der Waals surface area (Å²) in [7, 11) is 1.20. The molecule has 0 spiro atoms. The molecule has 0 saturated heterocycles. The van der Waals surface area contributed by atoms with Gasteiger partial charge in [0.05, 0.1) is 19.8 Å². The van der Waals surface area contributed by atoms with Crippen LogP contribution in [-0.2, 0) is 23.9 Å². The second-order valence-electron chi connectivity index (χ2n) is 9.17. The molecule has 0 unspecified atom stereocenters. The van der Waals surface area contributed by atoms with Crippen molar-refractivity contribution in [2.45, 2.75) is 116 Å². The molecular weight excluding hydrogens is 480 g/mol. The summed E-state index contributed by atoms with van der Waals surface area (Å²) in [5.74, 6) is -0.198. The van der Waals surface area contributed by atoms with Crippen LogP contribution in [0.5, 0.6) is 0 Å². The Hall–Kier alpha value is -1.32. The number of carbonyl (C=O) groups excluding carboxylic acids is 3. The molecule has 36 heavy (non-hydrogen) atoms. The van der Waals surface area contributed by atoms with E-state index in [1.165, 1.54) is 89.5 Å². The van der Waals surface area contributed by atoms with Gasteiger partial charge in [0.1, 0.15) is 6.61 Å². The highest BCUT2D eigenvalue weighted by molar-refractivity contribution is 7.99. The smallest absolute Gasteiger partial charge is 0.330 e. The first-order valence-electron chi connectivity index (χ1n) is 14.0. The van der Waals surface area contributed by atoms with Crippen LogP contribution in [0.2, 0.25) is 0 Å². The zero-order valence-corrected chi connectivity index (χ0v) is 23.8. The summed E-state index contributed by atoms with van der Waals surface area (Å²) >= 11 is 1.49. The SMILES string of the molecule is CCCCCCCCCCCCCCCC(=O)OCCSC[C@H](NCC)C(=O)N[C@@H](CO)C(=O)OC. The Morgan fingerprint density at radius 2 is 1.39 bits per heavy atom. The highest BCUT2D eigenvalue weighted by atomic mass is 32.2. The molecule has 8 nitrogen and oxygen atoms in total. The second kappa shape index (κ2) is 25.3. The Labute approximate surface area is 223 Å². The number of thioether (sulfide) groups is 1. The van der Waals surface area contributed by atoms with Gasteiger partial charge < -0.3 is 25.2 Å². The van der Waals surface area contributed by atoms with Gasteiger partial charge in [-0.3, -0.25) is 9.59 Å². The highest BCUT2D eigenvalue weighted by Gasteiger charge is 2.25. The lowest BCUT2D eigenvalue weighted by molar-refractivity contribution is -0.146. The van der Waals surface area contributed by atoms with E-state index in [1.54, 1.807) is 0 Å². The van der Waals surface area contributed by atoms with Crippen LogP contribution in [0.4, 0.5) is 0 Å². The Morgan fingerprint density at radius 3 is 1.89 bits per heavy atom.